The number of aromatic nitrogens is 6. The van der Waals surface area contributed by atoms with Crippen LogP contribution >= 0.6 is 58.0 Å². The van der Waals surface area contributed by atoms with E-state index in [1.807, 2.05) is 156 Å². The summed E-state index contributed by atoms with van der Waals surface area (Å²) in [6.07, 6.45) is 14.7. The van der Waals surface area contributed by atoms with Gasteiger partial charge in [-0.15, -0.1) is 0 Å². The fraction of sp³-hybridized carbons (Fsp3) is 0.316. The van der Waals surface area contributed by atoms with Crippen molar-refractivity contribution in [2.24, 2.45) is 0 Å². The number of amides is 3. The fourth-order valence-electron chi connectivity index (χ4n) is 14.0. The number of nitrogens with zero attached hydrogens (tertiary/aromatic N) is 4. The Kier molecular flexibility index (Phi) is 25.7. The van der Waals surface area contributed by atoms with Crippen LogP contribution in [0.15, 0.2) is 182 Å². The van der Waals surface area contributed by atoms with Crippen LogP contribution in [0.25, 0.3) is 5.69 Å². The van der Waals surface area contributed by atoms with Crippen molar-refractivity contribution >= 4 is 75.7 Å². The van der Waals surface area contributed by atoms with Crippen LogP contribution in [0.5, 0.6) is 0 Å². The molecule has 3 unspecified atom stereocenters. The molecule has 20 heteroatoms. The van der Waals surface area contributed by atoms with Crippen molar-refractivity contribution in [2.75, 3.05) is 19.8 Å². The molecular formula is C79H82Cl5N9O6. The Morgan fingerprint density at radius 2 is 0.859 bits per heavy atom. The number of hydrogen-bond acceptors (Lipinski definition) is 9. The minimum absolute atomic E-state index is 0.111. The topological polar surface area (TPSA) is 223 Å². The van der Waals surface area contributed by atoms with E-state index in [2.05, 4.69) is 54.5 Å². The summed E-state index contributed by atoms with van der Waals surface area (Å²) in [5.74, 6) is -0.138. The van der Waals surface area contributed by atoms with Crippen molar-refractivity contribution in [3.63, 3.8) is 0 Å². The molecule has 0 aliphatic heterocycles. The zero-order valence-corrected chi connectivity index (χ0v) is 58.7. The van der Waals surface area contributed by atoms with Crippen LogP contribution < -0.4 is 16.0 Å². The normalized spacial score (nSPS) is 16.6. The highest BCUT2D eigenvalue weighted by atomic mass is 35.5. The predicted octanol–water partition coefficient (Wildman–Crippen LogP) is 16.4. The maximum absolute atomic E-state index is 13.7. The summed E-state index contributed by atoms with van der Waals surface area (Å²) in [6.45, 7) is -0.510. The number of carbonyl (C=O) groups is 3. The van der Waals surface area contributed by atoms with Gasteiger partial charge in [0.15, 0.2) is 17.1 Å². The number of rotatable bonds is 20. The Balaban J connectivity index is 0.000000152. The number of carbonyl (C=O) groups excluding carboxylic acids is 3. The van der Waals surface area contributed by atoms with Gasteiger partial charge in [-0.25, -0.2) is 4.68 Å². The second-order valence-corrected chi connectivity index (χ2v) is 27.9. The molecule has 7 aromatic carbocycles. The Labute approximate surface area is 603 Å². The lowest BCUT2D eigenvalue weighted by Gasteiger charge is -2.19. The molecule has 10 aromatic rings. The molecule has 3 heterocycles. The van der Waals surface area contributed by atoms with Crippen LogP contribution in [-0.4, -0.2) is 89.1 Å². The number of aliphatic hydroxyl groups is 3. The smallest absolute Gasteiger partial charge is 0.272 e. The number of halogens is 5. The average molecular weight is 1430 g/mol. The summed E-state index contributed by atoms with van der Waals surface area (Å²) in [4.78, 5) is 39.8. The monoisotopic (exact) mass is 1430 g/mol. The molecule has 514 valence electrons. The second-order valence-electron chi connectivity index (χ2n) is 25.8. The molecule has 0 bridgehead atoms. The van der Waals surface area contributed by atoms with Gasteiger partial charge in [0.25, 0.3) is 17.7 Å². The molecule has 0 spiro atoms. The Bertz CT molecular complexity index is 4160. The van der Waals surface area contributed by atoms with E-state index in [4.69, 9.17) is 63.1 Å². The molecule has 3 aromatic heterocycles. The first kappa shape index (κ1) is 72.2. The number of H-pyrrole nitrogens is 2. The van der Waals surface area contributed by atoms with E-state index in [1.54, 1.807) is 12.1 Å². The summed E-state index contributed by atoms with van der Waals surface area (Å²) in [6, 6.07) is 56.5. The van der Waals surface area contributed by atoms with Crippen LogP contribution in [0, 0.1) is 0 Å². The quantitative estimate of drug-likeness (QED) is 0.0340. The van der Waals surface area contributed by atoms with Crippen LogP contribution in [0.4, 0.5) is 0 Å². The number of hydrogen-bond donors (Lipinski definition) is 8. The largest absolute Gasteiger partial charge is 0.394 e. The van der Waals surface area contributed by atoms with E-state index >= 15 is 0 Å². The van der Waals surface area contributed by atoms with Gasteiger partial charge in [0.05, 0.1) is 54.4 Å². The highest BCUT2D eigenvalue weighted by Gasteiger charge is 2.34. The van der Waals surface area contributed by atoms with E-state index in [1.165, 1.54) is 11.1 Å². The number of aliphatic hydroxyl groups excluding tert-OH is 3. The minimum Gasteiger partial charge on any atom is -0.394 e. The van der Waals surface area contributed by atoms with Gasteiger partial charge in [-0.3, -0.25) is 24.6 Å². The molecule has 0 saturated carbocycles. The van der Waals surface area contributed by atoms with Crippen LogP contribution in [0.2, 0.25) is 25.1 Å². The first-order chi connectivity index (χ1) is 48.2. The summed E-state index contributed by atoms with van der Waals surface area (Å²) in [5, 5.41) is 61.6. The van der Waals surface area contributed by atoms with Gasteiger partial charge in [-0.2, -0.15) is 15.3 Å². The third kappa shape index (κ3) is 18.9. The highest BCUT2D eigenvalue weighted by molar-refractivity contribution is 6.35. The molecule has 0 saturated heterocycles. The lowest BCUT2D eigenvalue weighted by Crippen LogP contribution is -2.39. The van der Waals surface area contributed by atoms with E-state index in [0.29, 0.717) is 44.3 Å². The molecular weight excluding hydrogens is 1350 g/mol. The number of nitrogens with one attached hydrogen (secondary N) is 5. The van der Waals surface area contributed by atoms with Gasteiger partial charge >= 0.3 is 0 Å². The molecule has 0 fully saturated rings. The van der Waals surface area contributed by atoms with Gasteiger partial charge in [0, 0.05) is 65.9 Å². The molecule has 0 radical (unpaired) electrons. The van der Waals surface area contributed by atoms with Crippen molar-refractivity contribution < 1.29 is 29.7 Å². The first-order valence-corrected chi connectivity index (χ1v) is 36.0. The maximum atomic E-state index is 13.7. The molecule has 6 atom stereocenters. The van der Waals surface area contributed by atoms with Crippen molar-refractivity contribution in [3.8, 4) is 5.69 Å². The summed E-state index contributed by atoms with van der Waals surface area (Å²) in [5.41, 5.74) is 14.2. The van der Waals surface area contributed by atoms with Crippen LogP contribution in [0.3, 0.4) is 0 Å². The Morgan fingerprint density at radius 3 is 1.30 bits per heavy atom. The van der Waals surface area contributed by atoms with E-state index in [9.17, 15) is 29.7 Å². The third-order valence-electron chi connectivity index (χ3n) is 18.9. The van der Waals surface area contributed by atoms with Crippen molar-refractivity contribution in [1.82, 2.24) is 46.1 Å². The molecule has 3 aliphatic rings. The Morgan fingerprint density at radius 1 is 0.444 bits per heavy atom. The van der Waals surface area contributed by atoms with Gasteiger partial charge in [-0.05, 0) is 171 Å². The highest BCUT2D eigenvalue weighted by Crippen LogP contribution is 2.40. The van der Waals surface area contributed by atoms with Gasteiger partial charge in [-0.1, -0.05) is 205 Å². The van der Waals surface area contributed by atoms with E-state index < -0.39 is 18.1 Å². The molecule has 13 rings (SSSR count). The molecule has 3 aliphatic carbocycles. The number of aromatic amines is 2. The van der Waals surface area contributed by atoms with Crippen molar-refractivity contribution in [1.29, 1.82) is 0 Å². The zero-order chi connectivity index (χ0) is 69.2. The molecule has 99 heavy (non-hydrogen) atoms. The van der Waals surface area contributed by atoms with Gasteiger partial charge < -0.3 is 31.3 Å². The average Bonchev–Trinajstić information content (AvgIpc) is 1.62. The second kappa shape index (κ2) is 35.3. The number of benzene rings is 7. The number of fused-ring (bicyclic) bond motifs is 3. The first-order valence-electron chi connectivity index (χ1n) is 34.1. The third-order valence-corrected chi connectivity index (χ3v) is 20.1. The summed E-state index contributed by atoms with van der Waals surface area (Å²) >= 11 is 31.5. The minimum atomic E-state index is -0.459. The molecule has 15 nitrogen and oxygen atoms in total. The Hall–Kier alpha value is -8.09. The standard InChI is InChI=1S/C31H30Cl3N3O2.2C24H26ClN3O2/c32-23-11-6-9-21(16-23)15-22-10-4-5-12-26-29(31(39)35-25(19-38)17-20-7-2-1-3-8-20)36-37(30(22)26)28-14-13-24(33)18-27(28)34;2*25-19-11-6-7-16(14-19)13-18-10-4-5-12-20-22(18)27-28-23(20)24(30)26-21(15-29)17-8-2-1-3-9-17/h1-3,6-9,11,13-14,16,18,22,25,38H,4-5,10,12,15,17,19H2,(H,35,39);2*1-3,6-9,11,14,18,21,29H,4-5,10,12-13,15H2,(H,26,30)(H,27,28)/t22?,25-;2*18?,21-/m110/s1. The SMILES string of the molecule is O=C(N[C@@H](CO)Cc1ccccc1)c1nn(-c2ccc(Cl)cc2Cl)c2c1CCCCC2Cc1cccc(Cl)c1.O=C(N[C@@H](CO)c1ccccc1)c1n[nH]c2c1CCCCC2Cc1cccc(Cl)c1.O=C(N[C@H](CO)c1ccccc1)c1n[nH]c2c1CCCCC2Cc1cccc(Cl)c1. The fourth-order valence-corrected chi connectivity index (χ4v) is 15.2. The van der Waals surface area contributed by atoms with Crippen LogP contribution in [-0.2, 0) is 44.9 Å². The molecule has 3 amide bonds. The summed E-state index contributed by atoms with van der Waals surface area (Å²) < 4.78 is 1.83. The van der Waals surface area contributed by atoms with Gasteiger partial charge in [0.2, 0.25) is 0 Å². The van der Waals surface area contributed by atoms with Gasteiger partial charge in [0.1, 0.15) is 0 Å². The van der Waals surface area contributed by atoms with Crippen molar-refractivity contribution in [2.45, 2.75) is 139 Å². The van der Waals surface area contributed by atoms with E-state index in [0.717, 1.165) is 162 Å². The summed E-state index contributed by atoms with van der Waals surface area (Å²) in [7, 11) is 0. The lowest BCUT2D eigenvalue weighted by molar-refractivity contribution is 0.0902. The van der Waals surface area contributed by atoms with E-state index in [-0.39, 0.29) is 55.3 Å². The molecule has 8 N–H and O–H groups in total. The maximum Gasteiger partial charge on any atom is 0.272 e. The predicted molar refractivity (Wildman–Crippen MR) is 393 cm³/mol. The zero-order valence-electron chi connectivity index (χ0n) is 55.0. The van der Waals surface area contributed by atoms with Crippen LogP contribution in [0.1, 0.15) is 186 Å². The van der Waals surface area contributed by atoms with Crippen molar-refractivity contribution in [3.05, 3.63) is 291 Å². The lowest BCUT2D eigenvalue weighted by atomic mass is 9.91.